The summed E-state index contributed by atoms with van der Waals surface area (Å²) in [5, 5.41) is 2.88. The number of carbonyl (C=O) groups excluding carboxylic acids is 1. The quantitative estimate of drug-likeness (QED) is 0.604. The van der Waals surface area contributed by atoms with Crippen molar-refractivity contribution < 1.29 is 4.79 Å². The third kappa shape index (κ3) is 5.38. The van der Waals surface area contributed by atoms with Gasteiger partial charge < -0.3 is 5.32 Å². The minimum atomic E-state index is 0.138. The fraction of sp³-hybridized carbons (Fsp3) is 0.800. The van der Waals surface area contributed by atoms with E-state index in [0.29, 0.717) is 0 Å². The number of hydrogen-bond acceptors (Lipinski definition) is 1. The van der Waals surface area contributed by atoms with Crippen LogP contribution in [0.2, 0.25) is 0 Å². The van der Waals surface area contributed by atoms with Gasteiger partial charge >= 0.3 is 0 Å². The molecule has 0 radical (unpaired) electrons. The summed E-state index contributed by atoms with van der Waals surface area (Å²) in [6, 6.07) is 0. The predicted octanol–water partition coefficient (Wildman–Crippen LogP) is 3.96. The fourth-order valence-electron chi connectivity index (χ4n) is 2.36. The van der Waals surface area contributed by atoms with E-state index < -0.39 is 0 Å². The van der Waals surface area contributed by atoms with Crippen molar-refractivity contribution in [1.82, 2.24) is 5.32 Å². The lowest BCUT2D eigenvalue weighted by atomic mass is 10.0. The Balaban J connectivity index is 1.96. The summed E-state index contributed by atoms with van der Waals surface area (Å²) in [5.74, 6) is 0.138. The van der Waals surface area contributed by atoms with Gasteiger partial charge in [-0.3, -0.25) is 4.79 Å². The van der Waals surface area contributed by atoms with Gasteiger partial charge in [0.2, 0.25) is 5.91 Å². The summed E-state index contributed by atoms with van der Waals surface area (Å²) < 4.78 is 0. The molecule has 17 heavy (non-hydrogen) atoms. The molecule has 1 aliphatic rings. The Hall–Kier alpha value is -0.790. The van der Waals surface area contributed by atoms with Crippen molar-refractivity contribution in [2.24, 2.45) is 0 Å². The molecule has 0 spiro atoms. The Morgan fingerprint density at radius 1 is 1.00 bits per heavy atom. The molecule has 98 valence electrons. The Labute approximate surface area is 106 Å². The number of hydrogen-bond donors (Lipinski definition) is 1. The zero-order valence-electron chi connectivity index (χ0n) is 11.5. The van der Waals surface area contributed by atoms with Gasteiger partial charge in [0.1, 0.15) is 0 Å². The molecule has 1 aliphatic heterocycles. The molecule has 0 saturated heterocycles. The Morgan fingerprint density at radius 2 is 1.59 bits per heavy atom. The molecule has 0 unspecified atom stereocenters. The highest BCUT2D eigenvalue weighted by atomic mass is 16.1. The van der Waals surface area contributed by atoms with Crippen molar-refractivity contribution in [1.29, 1.82) is 0 Å². The van der Waals surface area contributed by atoms with Crippen LogP contribution >= 0.6 is 0 Å². The minimum Gasteiger partial charge on any atom is -0.349 e. The normalized spacial score (nSPS) is 15.5. The first-order chi connectivity index (χ1) is 8.25. The van der Waals surface area contributed by atoms with Gasteiger partial charge in [0.05, 0.1) is 0 Å². The monoisotopic (exact) mass is 237 g/mol. The topological polar surface area (TPSA) is 29.1 Å². The molecule has 1 N–H and O–H groups in total. The summed E-state index contributed by atoms with van der Waals surface area (Å²) in [6.07, 6.45) is 11.9. The van der Waals surface area contributed by atoms with Gasteiger partial charge in [-0.05, 0) is 25.3 Å². The van der Waals surface area contributed by atoms with Crippen LogP contribution in [0.5, 0.6) is 0 Å². The molecule has 2 heteroatoms. The second kappa shape index (κ2) is 8.32. The van der Waals surface area contributed by atoms with Crippen molar-refractivity contribution in [2.75, 3.05) is 6.54 Å². The van der Waals surface area contributed by atoms with E-state index in [1.807, 2.05) is 6.92 Å². The zero-order valence-corrected chi connectivity index (χ0v) is 11.5. The number of nitrogens with one attached hydrogen (secondary N) is 1. The van der Waals surface area contributed by atoms with Crippen molar-refractivity contribution in [3.8, 4) is 0 Å². The van der Waals surface area contributed by atoms with Gasteiger partial charge in [-0.2, -0.15) is 0 Å². The number of rotatable bonds is 9. The van der Waals surface area contributed by atoms with Crippen LogP contribution in [0, 0.1) is 0 Å². The van der Waals surface area contributed by atoms with Crippen molar-refractivity contribution >= 4 is 5.91 Å². The molecule has 0 saturated carbocycles. The highest BCUT2D eigenvalue weighted by molar-refractivity contribution is 5.96. The van der Waals surface area contributed by atoms with Crippen LogP contribution in [0.4, 0.5) is 0 Å². The molecule has 0 atom stereocenters. The van der Waals surface area contributed by atoms with E-state index in [-0.39, 0.29) is 5.91 Å². The second-order valence-corrected chi connectivity index (χ2v) is 5.14. The molecule has 0 fully saturated rings. The lowest BCUT2D eigenvalue weighted by molar-refractivity contribution is -0.116. The van der Waals surface area contributed by atoms with Crippen LogP contribution in [0.1, 0.15) is 71.6 Å². The van der Waals surface area contributed by atoms with E-state index in [9.17, 15) is 4.79 Å². The van der Waals surface area contributed by atoms with E-state index in [1.54, 1.807) is 0 Å². The van der Waals surface area contributed by atoms with E-state index in [4.69, 9.17) is 0 Å². The minimum absolute atomic E-state index is 0.138. The highest BCUT2D eigenvalue weighted by Gasteiger charge is 2.17. The average molecular weight is 237 g/mol. The van der Waals surface area contributed by atoms with E-state index in [2.05, 4.69) is 12.2 Å². The summed E-state index contributed by atoms with van der Waals surface area (Å²) in [4.78, 5) is 11.3. The average Bonchev–Trinajstić information content (AvgIpc) is 2.64. The summed E-state index contributed by atoms with van der Waals surface area (Å²) >= 11 is 0. The summed E-state index contributed by atoms with van der Waals surface area (Å²) in [7, 11) is 0. The van der Waals surface area contributed by atoms with Crippen LogP contribution in [0.3, 0.4) is 0 Å². The molecular weight excluding hydrogens is 210 g/mol. The maximum absolute atomic E-state index is 11.3. The van der Waals surface area contributed by atoms with Gasteiger partial charge in [0.25, 0.3) is 0 Å². The molecule has 1 heterocycles. The first-order valence-electron chi connectivity index (χ1n) is 7.22. The van der Waals surface area contributed by atoms with Crippen molar-refractivity contribution in [3.05, 3.63) is 11.1 Å². The fourth-order valence-corrected chi connectivity index (χ4v) is 2.36. The lowest BCUT2D eigenvalue weighted by Gasteiger charge is -2.03. The molecule has 0 aliphatic carbocycles. The second-order valence-electron chi connectivity index (χ2n) is 5.14. The largest absolute Gasteiger partial charge is 0.349 e. The van der Waals surface area contributed by atoms with E-state index in [1.165, 1.54) is 56.9 Å². The lowest BCUT2D eigenvalue weighted by Crippen LogP contribution is -2.16. The SMILES string of the molecule is CCCCCCCCCCC1=C(C)C(=O)NC1. The van der Waals surface area contributed by atoms with Crippen LogP contribution in [-0.4, -0.2) is 12.5 Å². The predicted molar refractivity (Wildman–Crippen MR) is 72.9 cm³/mol. The molecule has 0 bridgehead atoms. The maximum Gasteiger partial charge on any atom is 0.247 e. The van der Waals surface area contributed by atoms with Crippen molar-refractivity contribution in [3.63, 3.8) is 0 Å². The Kier molecular flexibility index (Phi) is 6.99. The van der Waals surface area contributed by atoms with Gasteiger partial charge in [-0.1, -0.05) is 51.9 Å². The van der Waals surface area contributed by atoms with E-state index in [0.717, 1.165) is 18.5 Å². The molecule has 1 amide bonds. The van der Waals surface area contributed by atoms with E-state index >= 15 is 0 Å². The highest BCUT2D eigenvalue weighted by Crippen LogP contribution is 2.18. The first-order valence-corrected chi connectivity index (χ1v) is 7.22. The third-order valence-electron chi connectivity index (χ3n) is 3.67. The van der Waals surface area contributed by atoms with Gasteiger partial charge in [0, 0.05) is 12.1 Å². The first kappa shape index (κ1) is 14.3. The Bertz CT molecular complexity index is 268. The van der Waals surface area contributed by atoms with Gasteiger partial charge in [-0.25, -0.2) is 0 Å². The molecule has 0 aromatic rings. The number of unbranched alkanes of at least 4 members (excludes halogenated alkanes) is 7. The molecule has 0 aromatic carbocycles. The Morgan fingerprint density at radius 3 is 2.12 bits per heavy atom. The maximum atomic E-state index is 11.3. The molecule has 2 nitrogen and oxygen atoms in total. The van der Waals surface area contributed by atoms with Crippen molar-refractivity contribution in [2.45, 2.75) is 71.6 Å². The summed E-state index contributed by atoms with van der Waals surface area (Å²) in [5.41, 5.74) is 2.30. The van der Waals surface area contributed by atoms with Gasteiger partial charge in [0.15, 0.2) is 0 Å². The zero-order chi connectivity index (χ0) is 12.5. The molecular formula is C15H27NO. The van der Waals surface area contributed by atoms with Gasteiger partial charge in [-0.15, -0.1) is 0 Å². The third-order valence-corrected chi connectivity index (χ3v) is 3.67. The molecule has 0 aromatic heterocycles. The number of amides is 1. The van der Waals surface area contributed by atoms with Crippen LogP contribution < -0.4 is 5.32 Å². The molecule has 1 rings (SSSR count). The number of carbonyl (C=O) groups is 1. The standard InChI is InChI=1S/C15H27NO/c1-3-4-5-6-7-8-9-10-11-14-12-16-15(17)13(14)2/h3-12H2,1-2H3,(H,16,17). The smallest absolute Gasteiger partial charge is 0.247 e. The summed E-state index contributed by atoms with van der Waals surface area (Å²) in [6.45, 7) is 5.00. The van der Waals surface area contributed by atoms with Crippen LogP contribution in [0.25, 0.3) is 0 Å². The van der Waals surface area contributed by atoms with Crippen LogP contribution in [0.15, 0.2) is 11.1 Å². The van der Waals surface area contributed by atoms with Crippen LogP contribution in [-0.2, 0) is 4.79 Å².